The Morgan fingerprint density at radius 3 is 2.64 bits per heavy atom. The molecule has 0 unspecified atom stereocenters. The third kappa shape index (κ3) is 2.07. The van der Waals surface area contributed by atoms with Gasteiger partial charge in [0.2, 0.25) is 0 Å². The number of rotatable bonds is 3. The van der Waals surface area contributed by atoms with Gasteiger partial charge in [0.05, 0.1) is 11.2 Å². The molecule has 25 heavy (non-hydrogen) atoms. The van der Waals surface area contributed by atoms with Gasteiger partial charge in [-0.15, -0.1) is 11.8 Å². The van der Waals surface area contributed by atoms with Crippen molar-refractivity contribution >= 4 is 22.7 Å². The number of nitrogens with zero attached hydrogens (tertiary/aromatic N) is 1. The highest BCUT2D eigenvalue weighted by molar-refractivity contribution is 7.99. The Kier molecular flexibility index (Phi) is 3.31. The molecule has 126 valence electrons. The molecule has 2 aliphatic carbocycles. The standard InChI is InChI=1S/C23H23NS/c1-22(2)19-12-13-23(22,15-25-17-9-4-3-5-10-17)21-18(19)14-16-8-6-7-11-20(16)24-21/h3-11,14,19H,12-13,15H2,1-2H3/t19-,23-/m1/s1. The van der Waals surface area contributed by atoms with Gasteiger partial charge >= 0.3 is 0 Å². The van der Waals surface area contributed by atoms with Crippen LogP contribution < -0.4 is 0 Å². The van der Waals surface area contributed by atoms with Crippen molar-refractivity contribution in [1.82, 2.24) is 4.98 Å². The summed E-state index contributed by atoms with van der Waals surface area (Å²) in [4.78, 5) is 6.57. The zero-order valence-corrected chi connectivity index (χ0v) is 15.6. The van der Waals surface area contributed by atoms with Gasteiger partial charge in [0.25, 0.3) is 0 Å². The molecule has 3 aromatic rings. The molecular weight excluding hydrogens is 322 g/mol. The van der Waals surface area contributed by atoms with Gasteiger partial charge in [-0.1, -0.05) is 50.2 Å². The van der Waals surface area contributed by atoms with Crippen molar-refractivity contribution in [3.8, 4) is 0 Å². The summed E-state index contributed by atoms with van der Waals surface area (Å²) in [5.41, 5.74) is 4.52. The van der Waals surface area contributed by atoms with Crippen LogP contribution in [-0.2, 0) is 5.41 Å². The summed E-state index contributed by atoms with van der Waals surface area (Å²) in [6, 6.07) is 21.8. The van der Waals surface area contributed by atoms with Crippen molar-refractivity contribution in [2.45, 2.75) is 42.9 Å². The number of hydrogen-bond donors (Lipinski definition) is 0. The van der Waals surface area contributed by atoms with Crippen LogP contribution in [-0.4, -0.2) is 10.7 Å². The van der Waals surface area contributed by atoms with Crippen LogP contribution >= 0.6 is 11.8 Å². The first kappa shape index (κ1) is 15.5. The van der Waals surface area contributed by atoms with Crippen LogP contribution in [0.4, 0.5) is 0 Å². The Bertz CT molecular complexity index is 947. The number of para-hydroxylation sites is 1. The van der Waals surface area contributed by atoms with E-state index in [1.54, 1.807) is 0 Å². The molecule has 1 saturated carbocycles. The number of pyridine rings is 1. The van der Waals surface area contributed by atoms with Crippen LogP contribution in [0.5, 0.6) is 0 Å². The molecule has 2 bridgehead atoms. The Labute approximate surface area is 153 Å². The van der Waals surface area contributed by atoms with E-state index >= 15 is 0 Å². The minimum atomic E-state index is 0.192. The number of hydrogen-bond acceptors (Lipinski definition) is 2. The largest absolute Gasteiger partial charge is 0.252 e. The van der Waals surface area contributed by atoms with Crippen LogP contribution in [0.2, 0.25) is 0 Å². The summed E-state index contributed by atoms with van der Waals surface area (Å²) in [5, 5.41) is 1.29. The number of benzene rings is 2. The van der Waals surface area contributed by atoms with E-state index in [1.807, 2.05) is 11.8 Å². The van der Waals surface area contributed by atoms with Crippen LogP contribution in [0, 0.1) is 5.41 Å². The van der Waals surface area contributed by atoms with Gasteiger partial charge < -0.3 is 0 Å². The third-order valence-corrected chi connectivity index (χ3v) is 8.02. The highest BCUT2D eigenvalue weighted by Crippen LogP contribution is 2.68. The van der Waals surface area contributed by atoms with Crippen molar-refractivity contribution in [1.29, 1.82) is 0 Å². The second-order valence-corrected chi connectivity index (χ2v) is 9.16. The SMILES string of the molecule is CC1(C)[C@@H]2CC[C@@]1(CSc1ccccc1)c1nc3ccccc3cc12. The lowest BCUT2D eigenvalue weighted by atomic mass is 9.70. The summed E-state index contributed by atoms with van der Waals surface area (Å²) in [6.07, 6.45) is 2.57. The Balaban J connectivity index is 1.62. The molecule has 1 aromatic heterocycles. The molecule has 2 atom stereocenters. The lowest BCUT2D eigenvalue weighted by Gasteiger charge is -2.38. The minimum absolute atomic E-state index is 0.192. The summed E-state index contributed by atoms with van der Waals surface area (Å²) in [6.45, 7) is 4.95. The molecule has 2 aliphatic rings. The van der Waals surface area contributed by atoms with E-state index in [1.165, 1.54) is 34.4 Å². The zero-order valence-electron chi connectivity index (χ0n) is 14.8. The van der Waals surface area contributed by atoms with Crippen molar-refractivity contribution in [2.24, 2.45) is 5.41 Å². The molecule has 2 heteroatoms. The van der Waals surface area contributed by atoms with Gasteiger partial charge in [0, 0.05) is 21.4 Å². The Morgan fingerprint density at radius 1 is 1.04 bits per heavy atom. The highest BCUT2D eigenvalue weighted by Gasteiger charge is 2.62. The fourth-order valence-corrected chi connectivity index (χ4v) is 6.62. The number of fused-ring (bicyclic) bond motifs is 6. The molecule has 0 spiro atoms. The molecule has 5 rings (SSSR count). The number of thioether (sulfide) groups is 1. The van der Waals surface area contributed by atoms with Crippen molar-refractivity contribution in [3.05, 3.63) is 71.9 Å². The summed E-state index contributed by atoms with van der Waals surface area (Å²) in [7, 11) is 0. The van der Waals surface area contributed by atoms with E-state index in [2.05, 4.69) is 74.5 Å². The van der Waals surface area contributed by atoms with E-state index in [0.29, 0.717) is 5.92 Å². The molecule has 0 aliphatic heterocycles. The fraction of sp³-hybridized carbons (Fsp3) is 0.348. The topological polar surface area (TPSA) is 12.9 Å². The smallest absolute Gasteiger partial charge is 0.0705 e. The van der Waals surface area contributed by atoms with E-state index < -0.39 is 0 Å². The zero-order chi connectivity index (χ0) is 17.1. The van der Waals surface area contributed by atoms with Crippen LogP contribution in [0.25, 0.3) is 10.9 Å². The second-order valence-electron chi connectivity index (χ2n) is 8.12. The molecule has 1 fully saturated rings. The van der Waals surface area contributed by atoms with Gasteiger partial charge in [-0.05, 0) is 54.0 Å². The molecule has 1 nitrogen and oxygen atoms in total. The van der Waals surface area contributed by atoms with Crippen molar-refractivity contribution < 1.29 is 0 Å². The molecule has 0 radical (unpaired) electrons. The van der Waals surface area contributed by atoms with E-state index in [9.17, 15) is 0 Å². The predicted octanol–water partition coefficient (Wildman–Crippen LogP) is 6.18. The highest BCUT2D eigenvalue weighted by atomic mass is 32.2. The lowest BCUT2D eigenvalue weighted by Crippen LogP contribution is -2.38. The third-order valence-electron chi connectivity index (χ3n) is 6.77. The average Bonchev–Trinajstić information content (AvgIpc) is 3.00. The molecular formula is C23H23NS. The molecule has 0 saturated heterocycles. The Morgan fingerprint density at radius 2 is 1.80 bits per heavy atom. The van der Waals surface area contributed by atoms with Crippen LogP contribution in [0.15, 0.2) is 65.6 Å². The minimum Gasteiger partial charge on any atom is -0.252 e. The van der Waals surface area contributed by atoms with Crippen LogP contribution in [0.1, 0.15) is 43.9 Å². The first-order chi connectivity index (χ1) is 12.1. The van der Waals surface area contributed by atoms with E-state index in [0.717, 1.165) is 11.3 Å². The second kappa shape index (κ2) is 5.35. The Hall–Kier alpha value is -1.80. The monoisotopic (exact) mass is 345 g/mol. The first-order valence-electron chi connectivity index (χ1n) is 9.20. The maximum Gasteiger partial charge on any atom is 0.0705 e. The average molecular weight is 346 g/mol. The molecule has 0 N–H and O–H groups in total. The number of aromatic nitrogens is 1. The van der Waals surface area contributed by atoms with Gasteiger partial charge in [0.1, 0.15) is 0 Å². The van der Waals surface area contributed by atoms with Gasteiger partial charge in [0.15, 0.2) is 0 Å². The first-order valence-corrected chi connectivity index (χ1v) is 10.2. The van der Waals surface area contributed by atoms with Crippen LogP contribution in [0.3, 0.4) is 0 Å². The van der Waals surface area contributed by atoms with Gasteiger partial charge in [-0.25, -0.2) is 0 Å². The molecule has 0 amide bonds. The predicted molar refractivity (Wildman–Crippen MR) is 106 cm³/mol. The summed E-state index contributed by atoms with van der Waals surface area (Å²) >= 11 is 2.00. The van der Waals surface area contributed by atoms with E-state index in [-0.39, 0.29) is 10.8 Å². The molecule has 1 heterocycles. The van der Waals surface area contributed by atoms with E-state index in [4.69, 9.17) is 4.98 Å². The van der Waals surface area contributed by atoms with Gasteiger partial charge in [-0.3, -0.25) is 4.98 Å². The summed E-state index contributed by atoms with van der Waals surface area (Å²) < 4.78 is 0. The maximum absolute atomic E-state index is 5.21. The maximum atomic E-state index is 5.21. The lowest BCUT2D eigenvalue weighted by molar-refractivity contribution is 0.232. The van der Waals surface area contributed by atoms with Crippen molar-refractivity contribution in [3.63, 3.8) is 0 Å². The quantitative estimate of drug-likeness (QED) is 0.526. The fourth-order valence-electron chi connectivity index (χ4n) is 5.21. The van der Waals surface area contributed by atoms with Crippen molar-refractivity contribution in [2.75, 3.05) is 5.75 Å². The summed E-state index contributed by atoms with van der Waals surface area (Å²) in [5.74, 6) is 1.77. The van der Waals surface area contributed by atoms with Gasteiger partial charge in [-0.2, -0.15) is 0 Å². The molecule has 2 aromatic carbocycles. The normalized spacial score (nSPS) is 26.1.